The summed E-state index contributed by atoms with van der Waals surface area (Å²) in [5, 5.41) is 11.5. The van der Waals surface area contributed by atoms with Crippen molar-refractivity contribution in [2.75, 3.05) is 0 Å². The van der Waals surface area contributed by atoms with Gasteiger partial charge in [0, 0.05) is 12.6 Å². The van der Waals surface area contributed by atoms with E-state index < -0.39 is 0 Å². The molecule has 0 saturated carbocycles. The summed E-state index contributed by atoms with van der Waals surface area (Å²) in [5.74, 6) is 0.798. The van der Waals surface area contributed by atoms with Crippen molar-refractivity contribution in [3.8, 4) is 11.4 Å². The van der Waals surface area contributed by atoms with Gasteiger partial charge in [-0.3, -0.25) is 0 Å². The second kappa shape index (κ2) is 4.28. The lowest BCUT2D eigenvalue weighted by molar-refractivity contribution is 0.411. The van der Waals surface area contributed by atoms with E-state index in [1.165, 1.54) is 5.56 Å². The Labute approximate surface area is 102 Å². The monoisotopic (exact) mass is 230 g/mol. The number of hydrogen-bond acceptors (Lipinski definition) is 3. The summed E-state index contributed by atoms with van der Waals surface area (Å²) in [6, 6.07) is 8.45. The molecule has 90 valence electrons. The Morgan fingerprint density at radius 2 is 1.76 bits per heavy atom. The van der Waals surface area contributed by atoms with Gasteiger partial charge in [-0.05, 0) is 27.8 Å². The Morgan fingerprint density at radius 3 is 2.24 bits per heavy atom. The molecule has 17 heavy (non-hydrogen) atoms. The molecule has 4 heteroatoms. The summed E-state index contributed by atoms with van der Waals surface area (Å²) in [7, 11) is 1.85. The molecular weight excluding hydrogens is 212 g/mol. The van der Waals surface area contributed by atoms with Crippen LogP contribution < -0.4 is 0 Å². The molecule has 0 unspecified atom stereocenters. The van der Waals surface area contributed by atoms with Crippen LogP contribution in [0.4, 0.5) is 0 Å². The van der Waals surface area contributed by atoms with Gasteiger partial charge in [-0.15, -0.1) is 5.10 Å². The first-order chi connectivity index (χ1) is 7.96. The van der Waals surface area contributed by atoms with Gasteiger partial charge in [-0.1, -0.05) is 45.0 Å². The average molecular weight is 230 g/mol. The topological polar surface area (TPSA) is 43.6 Å². The zero-order valence-corrected chi connectivity index (χ0v) is 10.8. The van der Waals surface area contributed by atoms with E-state index in [-0.39, 0.29) is 0 Å². The number of nitrogens with zero attached hydrogens (tertiary/aromatic N) is 4. The molecule has 0 amide bonds. The molecule has 2 aromatic rings. The lowest BCUT2D eigenvalue weighted by Gasteiger charge is -2.18. The summed E-state index contributed by atoms with van der Waals surface area (Å²) >= 11 is 0. The minimum atomic E-state index is 0.313. The normalized spacial score (nSPS) is 11.8. The van der Waals surface area contributed by atoms with Crippen LogP contribution in [0, 0.1) is 5.41 Å². The van der Waals surface area contributed by atoms with Crippen molar-refractivity contribution in [2.24, 2.45) is 12.5 Å². The maximum atomic E-state index is 3.99. The second-order valence-corrected chi connectivity index (χ2v) is 5.56. The van der Waals surface area contributed by atoms with Gasteiger partial charge in [0.25, 0.3) is 0 Å². The minimum Gasteiger partial charge on any atom is -0.229 e. The zero-order valence-electron chi connectivity index (χ0n) is 10.8. The van der Waals surface area contributed by atoms with Crippen LogP contribution in [-0.2, 0) is 13.5 Å². The number of aryl methyl sites for hydroxylation is 1. The lowest BCUT2D eigenvalue weighted by atomic mass is 9.88. The molecule has 0 fully saturated rings. The van der Waals surface area contributed by atoms with Gasteiger partial charge in [0.2, 0.25) is 0 Å². The van der Waals surface area contributed by atoms with Crippen molar-refractivity contribution in [1.82, 2.24) is 20.2 Å². The number of tetrazole rings is 1. The fourth-order valence-corrected chi connectivity index (χ4v) is 1.86. The molecular formula is C13H18N4. The fourth-order valence-electron chi connectivity index (χ4n) is 1.86. The Hall–Kier alpha value is -1.71. The van der Waals surface area contributed by atoms with Gasteiger partial charge < -0.3 is 0 Å². The van der Waals surface area contributed by atoms with E-state index in [9.17, 15) is 0 Å². The van der Waals surface area contributed by atoms with Crippen LogP contribution in [0.1, 0.15) is 26.3 Å². The average Bonchev–Trinajstić information content (AvgIpc) is 2.63. The molecule has 0 aliphatic heterocycles. The van der Waals surface area contributed by atoms with Gasteiger partial charge in [-0.2, -0.15) is 0 Å². The first-order valence-electron chi connectivity index (χ1n) is 5.77. The Kier molecular flexibility index (Phi) is 2.96. The van der Waals surface area contributed by atoms with E-state index in [4.69, 9.17) is 0 Å². The number of aromatic nitrogens is 4. The first kappa shape index (κ1) is 11.8. The van der Waals surface area contributed by atoms with Crippen molar-refractivity contribution in [3.63, 3.8) is 0 Å². The highest BCUT2D eigenvalue weighted by atomic mass is 15.5. The third-order valence-corrected chi connectivity index (χ3v) is 2.57. The summed E-state index contributed by atoms with van der Waals surface area (Å²) in [6.45, 7) is 6.73. The molecule has 0 spiro atoms. The summed E-state index contributed by atoms with van der Waals surface area (Å²) in [5.41, 5.74) is 2.71. The largest absolute Gasteiger partial charge is 0.229 e. The van der Waals surface area contributed by atoms with Crippen molar-refractivity contribution in [1.29, 1.82) is 0 Å². The summed E-state index contributed by atoms with van der Waals surface area (Å²) in [4.78, 5) is 0. The molecule has 1 heterocycles. The molecule has 0 atom stereocenters. The molecule has 2 rings (SSSR count). The van der Waals surface area contributed by atoms with Crippen molar-refractivity contribution >= 4 is 0 Å². The maximum Gasteiger partial charge on any atom is 0.181 e. The fraction of sp³-hybridized carbons (Fsp3) is 0.462. The standard InChI is InChI=1S/C13H18N4/c1-13(2,3)9-10-5-7-11(8-6-10)12-14-15-16-17(12)4/h5-8H,9H2,1-4H3. The number of hydrogen-bond donors (Lipinski definition) is 0. The van der Waals surface area contributed by atoms with Crippen LogP contribution in [0.15, 0.2) is 24.3 Å². The number of benzene rings is 1. The first-order valence-corrected chi connectivity index (χ1v) is 5.77. The van der Waals surface area contributed by atoms with Crippen LogP contribution in [0.2, 0.25) is 0 Å². The third kappa shape index (κ3) is 2.90. The van der Waals surface area contributed by atoms with Crippen molar-refractivity contribution in [2.45, 2.75) is 27.2 Å². The summed E-state index contributed by atoms with van der Waals surface area (Å²) in [6.07, 6.45) is 1.07. The van der Waals surface area contributed by atoms with Gasteiger partial charge in [0.15, 0.2) is 5.82 Å². The summed E-state index contributed by atoms with van der Waals surface area (Å²) < 4.78 is 1.68. The molecule has 0 bridgehead atoms. The molecule has 0 aliphatic rings. The Bertz CT molecular complexity index is 491. The van der Waals surface area contributed by atoms with Gasteiger partial charge >= 0.3 is 0 Å². The maximum absolute atomic E-state index is 3.99. The highest BCUT2D eigenvalue weighted by Gasteiger charge is 2.11. The quantitative estimate of drug-likeness (QED) is 0.796. The molecule has 0 radical (unpaired) electrons. The van der Waals surface area contributed by atoms with Crippen molar-refractivity contribution < 1.29 is 0 Å². The van der Waals surface area contributed by atoms with Gasteiger partial charge in [-0.25, -0.2) is 4.68 Å². The van der Waals surface area contributed by atoms with E-state index in [1.54, 1.807) is 4.68 Å². The molecule has 0 saturated heterocycles. The molecule has 0 N–H and O–H groups in total. The Morgan fingerprint density at radius 1 is 1.12 bits per heavy atom. The zero-order chi connectivity index (χ0) is 12.5. The highest BCUT2D eigenvalue weighted by molar-refractivity contribution is 5.54. The van der Waals surface area contributed by atoms with Crippen LogP contribution in [0.5, 0.6) is 0 Å². The predicted molar refractivity (Wildman–Crippen MR) is 67.4 cm³/mol. The third-order valence-electron chi connectivity index (χ3n) is 2.57. The number of rotatable bonds is 2. The smallest absolute Gasteiger partial charge is 0.181 e. The van der Waals surface area contributed by atoms with E-state index in [1.807, 2.05) is 7.05 Å². The van der Waals surface area contributed by atoms with E-state index in [0.717, 1.165) is 17.8 Å². The van der Waals surface area contributed by atoms with E-state index >= 15 is 0 Å². The molecule has 0 aliphatic carbocycles. The van der Waals surface area contributed by atoms with Crippen LogP contribution >= 0.6 is 0 Å². The van der Waals surface area contributed by atoms with E-state index in [2.05, 4.69) is 60.6 Å². The van der Waals surface area contributed by atoms with Gasteiger partial charge in [0.05, 0.1) is 0 Å². The van der Waals surface area contributed by atoms with Crippen LogP contribution in [0.25, 0.3) is 11.4 Å². The van der Waals surface area contributed by atoms with E-state index in [0.29, 0.717) is 5.41 Å². The molecule has 4 nitrogen and oxygen atoms in total. The molecule has 1 aromatic carbocycles. The van der Waals surface area contributed by atoms with Crippen LogP contribution in [-0.4, -0.2) is 20.2 Å². The highest BCUT2D eigenvalue weighted by Crippen LogP contribution is 2.22. The van der Waals surface area contributed by atoms with Crippen LogP contribution in [0.3, 0.4) is 0 Å². The minimum absolute atomic E-state index is 0.313. The SMILES string of the molecule is Cn1nnnc1-c1ccc(CC(C)(C)C)cc1. The Balaban J connectivity index is 2.22. The predicted octanol–water partition coefficient (Wildman–Crippen LogP) is 2.47. The van der Waals surface area contributed by atoms with Gasteiger partial charge in [0.1, 0.15) is 0 Å². The second-order valence-electron chi connectivity index (χ2n) is 5.56. The molecule has 1 aromatic heterocycles. The van der Waals surface area contributed by atoms with Crippen molar-refractivity contribution in [3.05, 3.63) is 29.8 Å². The lowest BCUT2D eigenvalue weighted by Crippen LogP contribution is -2.08.